The Morgan fingerprint density at radius 3 is 2.53 bits per heavy atom. The van der Waals surface area contributed by atoms with E-state index in [1.807, 2.05) is 0 Å². The van der Waals surface area contributed by atoms with Crippen LogP contribution in [0.25, 0.3) is 0 Å². The highest BCUT2D eigenvalue weighted by Crippen LogP contribution is 2.14. The van der Waals surface area contributed by atoms with Crippen molar-refractivity contribution in [1.29, 1.82) is 0 Å². The molecule has 0 aromatic rings. The quantitative estimate of drug-likeness (QED) is 0.431. The third kappa shape index (κ3) is 2.90. The van der Waals surface area contributed by atoms with Gasteiger partial charge in [-0.15, -0.1) is 0 Å². The summed E-state index contributed by atoms with van der Waals surface area (Å²) in [4.78, 5) is 22.5. The number of nitrogens with one attached hydrogen (secondary N) is 3. The van der Waals surface area contributed by atoms with Gasteiger partial charge in [-0.3, -0.25) is 9.59 Å². The molecule has 1 heterocycles. The predicted octanol–water partition coefficient (Wildman–Crippen LogP) is -2.18. The Morgan fingerprint density at radius 1 is 1.47 bits per heavy atom. The Bertz CT molecular complexity index is 257. The molecule has 0 aromatic carbocycles. The van der Waals surface area contributed by atoms with Gasteiger partial charge in [-0.2, -0.15) is 0 Å². The molecule has 1 aliphatic rings. The van der Waals surface area contributed by atoms with Crippen LogP contribution in [0.15, 0.2) is 0 Å². The number of aliphatic hydroxyl groups excluding tert-OH is 1. The lowest BCUT2D eigenvalue weighted by molar-refractivity contribution is -0.129. The molecule has 1 fully saturated rings. The molecule has 3 atom stereocenters. The van der Waals surface area contributed by atoms with Gasteiger partial charge in [-0.25, -0.2) is 0 Å². The topological polar surface area (TPSA) is 90.5 Å². The molecule has 0 spiro atoms. The number of β-amino-alcohol motifs (C(OH)–C–C–N with tert-alkyl or cyclic N) is 1. The number of rotatable bonds is 3. The summed E-state index contributed by atoms with van der Waals surface area (Å²) in [7, 11) is 1.51. The second-order valence-corrected chi connectivity index (χ2v) is 3.68. The molecular formula is C9H17N3O3. The van der Waals surface area contributed by atoms with Crippen molar-refractivity contribution in [3.8, 4) is 0 Å². The lowest BCUT2D eigenvalue weighted by Crippen LogP contribution is -2.52. The van der Waals surface area contributed by atoms with Crippen LogP contribution in [-0.4, -0.2) is 49.2 Å². The third-order valence-electron chi connectivity index (χ3n) is 2.54. The maximum absolute atomic E-state index is 11.5. The molecule has 2 amide bonds. The maximum atomic E-state index is 11.5. The van der Waals surface area contributed by atoms with Crippen LogP contribution in [0.2, 0.25) is 0 Å². The highest BCUT2D eigenvalue weighted by molar-refractivity contribution is 5.87. The smallest absolute Gasteiger partial charge is 0.242 e. The Hall–Kier alpha value is -1.14. The molecule has 15 heavy (non-hydrogen) atoms. The summed E-state index contributed by atoms with van der Waals surface area (Å²) in [6.07, 6.45) is -0.598. The zero-order chi connectivity index (χ0) is 11.4. The van der Waals surface area contributed by atoms with Gasteiger partial charge in [0.1, 0.15) is 6.04 Å². The van der Waals surface area contributed by atoms with E-state index in [0.29, 0.717) is 13.1 Å². The van der Waals surface area contributed by atoms with Gasteiger partial charge >= 0.3 is 0 Å². The van der Waals surface area contributed by atoms with E-state index in [4.69, 9.17) is 0 Å². The maximum Gasteiger partial charge on any atom is 0.242 e. The first-order valence-corrected chi connectivity index (χ1v) is 4.93. The van der Waals surface area contributed by atoms with Crippen molar-refractivity contribution >= 4 is 11.8 Å². The molecule has 6 nitrogen and oxygen atoms in total. The van der Waals surface area contributed by atoms with Crippen LogP contribution >= 0.6 is 0 Å². The molecule has 86 valence electrons. The molecule has 0 aliphatic carbocycles. The Kier molecular flexibility index (Phi) is 4.05. The molecule has 1 rings (SSSR count). The van der Waals surface area contributed by atoms with Crippen molar-refractivity contribution in [3.63, 3.8) is 0 Å². The second kappa shape index (κ2) is 5.09. The second-order valence-electron chi connectivity index (χ2n) is 3.68. The minimum Gasteiger partial charge on any atom is -0.391 e. The number of likely N-dealkylation sites (N-methyl/N-ethyl adjacent to an activating group) is 1. The van der Waals surface area contributed by atoms with Crippen LogP contribution < -0.4 is 16.0 Å². The van der Waals surface area contributed by atoms with Crippen molar-refractivity contribution in [2.45, 2.75) is 19.1 Å². The van der Waals surface area contributed by atoms with Gasteiger partial charge < -0.3 is 21.1 Å². The SMILES string of the molecule is CNC(=O)[C@H](NC(C)=O)[C@H]1CNC[C@@H]1O. The summed E-state index contributed by atoms with van der Waals surface area (Å²) < 4.78 is 0. The van der Waals surface area contributed by atoms with Gasteiger partial charge in [0, 0.05) is 33.0 Å². The average Bonchev–Trinajstić information content (AvgIpc) is 2.59. The van der Waals surface area contributed by atoms with Crippen LogP contribution in [0.4, 0.5) is 0 Å². The molecule has 0 unspecified atom stereocenters. The Morgan fingerprint density at radius 2 is 2.13 bits per heavy atom. The monoisotopic (exact) mass is 215 g/mol. The van der Waals surface area contributed by atoms with Crippen molar-refractivity contribution in [3.05, 3.63) is 0 Å². The zero-order valence-electron chi connectivity index (χ0n) is 8.91. The van der Waals surface area contributed by atoms with Gasteiger partial charge in [0.15, 0.2) is 0 Å². The molecule has 4 N–H and O–H groups in total. The van der Waals surface area contributed by atoms with Crippen LogP contribution in [0.1, 0.15) is 6.92 Å². The van der Waals surface area contributed by atoms with E-state index >= 15 is 0 Å². The summed E-state index contributed by atoms with van der Waals surface area (Å²) in [5.74, 6) is -0.825. The van der Waals surface area contributed by atoms with E-state index in [9.17, 15) is 14.7 Å². The van der Waals surface area contributed by atoms with Gasteiger partial charge in [0.05, 0.1) is 6.10 Å². The van der Waals surface area contributed by atoms with Crippen molar-refractivity contribution in [2.24, 2.45) is 5.92 Å². The first-order valence-electron chi connectivity index (χ1n) is 4.93. The summed E-state index contributed by atoms with van der Waals surface area (Å²) in [6.45, 7) is 2.34. The largest absolute Gasteiger partial charge is 0.391 e. The van der Waals surface area contributed by atoms with E-state index in [1.54, 1.807) is 0 Å². The fraction of sp³-hybridized carbons (Fsp3) is 0.778. The number of carbonyl (C=O) groups excluding carboxylic acids is 2. The summed E-state index contributed by atoms with van der Waals surface area (Å²) in [5, 5.41) is 17.6. The van der Waals surface area contributed by atoms with E-state index in [1.165, 1.54) is 14.0 Å². The lowest BCUT2D eigenvalue weighted by atomic mass is 9.95. The molecule has 0 radical (unpaired) electrons. The molecule has 1 aliphatic heterocycles. The van der Waals surface area contributed by atoms with Crippen molar-refractivity contribution in [1.82, 2.24) is 16.0 Å². The minimum absolute atomic E-state index is 0.270. The normalized spacial score (nSPS) is 27.1. The fourth-order valence-electron chi connectivity index (χ4n) is 1.77. The number of aliphatic hydroxyl groups is 1. The summed E-state index contributed by atoms with van der Waals surface area (Å²) in [6, 6.07) is -0.669. The van der Waals surface area contributed by atoms with Crippen molar-refractivity contribution in [2.75, 3.05) is 20.1 Å². The van der Waals surface area contributed by atoms with Gasteiger partial charge in [-0.1, -0.05) is 0 Å². The van der Waals surface area contributed by atoms with Crippen LogP contribution in [0.3, 0.4) is 0 Å². The summed E-state index contributed by atoms with van der Waals surface area (Å²) in [5.41, 5.74) is 0. The highest BCUT2D eigenvalue weighted by atomic mass is 16.3. The molecule has 6 heteroatoms. The molecule has 0 aromatic heterocycles. The van der Waals surface area contributed by atoms with E-state index in [2.05, 4.69) is 16.0 Å². The van der Waals surface area contributed by atoms with Gasteiger partial charge in [0.2, 0.25) is 11.8 Å². The van der Waals surface area contributed by atoms with Gasteiger partial charge in [0.25, 0.3) is 0 Å². The molecular weight excluding hydrogens is 198 g/mol. The minimum atomic E-state index is -0.669. The predicted molar refractivity (Wildman–Crippen MR) is 54.0 cm³/mol. The first kappa shape index (κ1) is 11.9. The molecule has 1 saturated heterocycles. The number of amides is 2. The van der Waals surface area contributed by atoms with E-state index in [-0.39, 0.29) is 17.7 Å². The highest BCUT2D eigenvalue weighted by Gasteiger charge is 2.36. The first-order chi connectivity index (χ1) is 7.06. The third-order valence-corrected chi connectivity index (χ3v) is 2.54. The molecule has 0 bridgehead atoms. The summed E-state index contributed by atoms with van der Waals surface area (Å²) >= 11 is 0. The van der Waals surface area contributed by atoms with Crippen LogP contribution in [0.5, 0.6) is 0 Å². The lowest BCUT2D eigenvalue weighted by Gasteiger charge is -2.24. The average molecular weight is 215 g/mol. The zero-order valence-corrected chi connectivity index (χ0v) is 8.91. The Balaban J connectivity index is 2.70. The molecule has 0 saturated carbocycles. The standard InChI is InChI=1S/C9H17N3O3/c1-5(13)12-8(9(15)10-2)6-3-11-4-7(6)14/h6-8,11,14H,3-4H2,1-2H3,(H,10,15)(H,12,13)/t6-,7-,8+/m0/s1. The fourth-order valence-corrected chi connectivity index (χ4v) is 1.77. The Labute approximate surface area is 88.4 Å². The van der Waals surface area contributed by atoms with Crippen molar-refractivity contribution < 1.29 is 14.7 Å². The van der Waals surface area contributed by atoms with Crippen LogP contribution in [0, 0.1) is 5.92 Å². The number of hydrogen-bond acceptors (Lipinski definition) is 4. The number of hydrogen-bond donors (Lipinski definition) is 4. The van der Waals surface area contributed by atoms with E-state index < -0.39 is 12.1 Å². The van der Waals surface area contributed by atoms with Gasteiger partial charge in [-0.05, 0) is 0 Å². The number of carbonyl (C=O) groups is 2. The van der Waals surface area contributed by atoms with Crippen LogP contribution in [-0.2, 0) is 9.59 Å². The van der Waals surface area contributed by atoms with E-state index in [0.717, 1.165) is 0 Å².